The fraction of sp³-hybridized carbons (Fsp3) is 0.385. The monoisotopic (exact) mass is 260 g/mol. The molecule has 0 saturated carbocycles. The van der Waals surface area contributed by atoms with Gasteiger partial charge in [-0.25, -0.2) is 9.48 Å². The summed E-state index contributed by atoms with van der Waals surface area (Å²) in [6.07, 6.45) is 3.35. The molecule has 0 amide bonds. The Morgan fingerprint density at radius 2 is 2.11 bits per heavy atom. The van der Waals surface area contributed by atoms with Gasteiger partial charge in [0.15, 0.2) is 5.69 Å². The summed E-state index contributed by atoms with van der Waals surface area (Å²) in [5.41, 5.74) is 1.00. The molecular weight excluding hydrogens is 244 g/mol. The standard InChI is InChI=1S/C13H16N4O2/c1-3-9(4-2)17-12(10-7-5-6-8-14-10)11(13(18)19)15-16-17/h5-9H,3-4H2,1-2H3,(H,18,19). The number of aromatic carboxylic acids is 1. The highest BCUT2D eigenvalue weighted by molar-refractivity contribution is 5.92. The molecule has 2 heterocycles. The lowest BCUT2D eigenvalue weighted by atomic mass is 10.1. The predicted octanol–water partition coefficient (Wildman–Crippen LogP) is 2.40. The number of hydrogen-bond donors (Lipinski definition) is 1. The molecule has 0 aliphatic carbocycles. The predicted molar refractivity (Wildman–Crippen MR) is 69.8 cm³/mol. The van der Waals surface area contributed by atoms with Crippen LogP contribution in [0.3, 0.4) is 0 Å². The van der Waals surface area contributed by atoms with Gasteiger partial charge in [-0.15, -0.1) is 5.10 Å². The number of nitrogens with zero attached hydrogens (tertiary/aromatic N) is 4. The van der Waals surface area contributed by atoms with Crippen molar-refractivity contribution in [2.24, 2.45) is 0 Å². The maximum Gasteiger partial charge on any atom is 0.358 e. The van der Waals surface area contributed by atoms with E-state index in [1.54, 1.807) is 23.0 Å². The first-order chi connectivity index (χ1) is 9.19. The van der Waals surface area contributed by atoms with Crippen LogP contribution in [0.2, 0.25) is 0 Å². The molecule has 0 spiro atoms. The first-order valence-electron chi connectivity index (χ1n) is 6.28. The van der Waals surface area contributed by atoms with Crippen molar-refractivity contribution in [3.05, 3.63) is 30.1 Å². The molecule has 0 radical (unpaired) electrons. The Kier molecular flexibility index (Phi) is 3.89. The van der Waals surface area contributed by atoms with Crippen LogP contribution in [-0.2, 0) is 0 Å². The first kappa shape index (κ1) is 13.2. The van der Waals surface area contributed by atoms with Crippen molar-refractivity contribution in [3.8, 4) is 11.4 Å². The van der Waals surface area contributed by atoms with Crippen molar-refractivity contribution in [1.82, 2.24) is 20.0 Å². The quantitative estimate of drug-likeness (QED) is 0.892. The van der Waals surface area contributed by atoms with Crippen LogP contribution >= 0.6 is 0 Å². The number of carbonyl (C=O) groups is 1. The average molecular weight is 260 g/mol. The van der Waals surface area contributed by atoms with Crippen LogP contribution in [0.1, 0.15) is 43.2 Å². The van der Waals surface area contributed by atoms with Gasteiger partial charge in [0.2, 0.25) is 0 Å². The highest BCUT2D eigenvalue weighted by Crippen LogP contribution is 2.26. The molecule has 0 unspecified atom stereocenters. The Morgan fingerprint density at radius 3 is 2.63 bits per heavy atom. The normalized spacial score (nSPS) is 10.9. The summed E-state index contributed by atoms with van der Waals surface area (Å²) in [4.78, 5) is 15.5. The van der Waals surface area contributed by atoms with Crippen LogP contribution in [0.4, 0.5) is 0 Å². The minimum Gasteiger partial charge on any atom is -0.476 e. The van der Waals surface area contributed by atoms with Crippen LogP contribution in [0.5, 0.6) is 0 Å². The molecule has 2 rings (SSSR count). The van der Waals surface area contributed by atoms with Gasteiger partial charge in [0.05, 0.1) is 11.7 Å². The van der Waals surface area contributed by atoms with Gasteiger partial charge in [-0.1, -0.05) is 25.1 Å². The molecule has 1 N–H and O–H groups in total. The number of hydrogen-bond acceptors (Lipinski definition) is 4. The van der Waals surface area contributed by atoms with Crippen molar-refractivity contribution < 1.29 is 9.90 Å². The molecule has 100 valence electrons. The molecule has 2 aromatic heterocycles. The zero-order chi connectivity index (χ0) is 13.8. The van der Waals surface area contributed by atoms with E-state index in [0.29, 0.717) is 11.4 Å². The van der Waals surface area contributed by atoms with Crippen LogP contribution in [0.25, 0.3) is 11.4 Å². The first-order valence-corrected chi connectivity index (χ1v) is 6.28. The minimum absolute atomic E-state index is 0.0504. The fourth-order valence-corrected chi connectivity index (χ4v) is 2.07. The van der Waals surface area contributed by atoms with Crippen LogP contribution < -0.4 is 0 Å². The SMILES string of the molecule is CCC(CC)n1nnc(C(=O)O)c1-c1ccccn1. The van der Waals surface area contributed by atoms with E-state index in [-0.39, 0.29) is 11.7 Å². The highest BCUT2D eigenvalue weighted by Gasteiger charge is 2.24. The Morgan fingerprint density at radius 1 is 1.37 bits per heavy atom. The lowest BCUT2D eigenvalue weighted by Gasteiger charge is -2.15. The number of aromatic nitrogens is 4. The second-order valence-corrected chi connectivity index (χ2v) is 4.22. The summed E-state index contributed by atoms with van der Waals surface area (Å²) in [5.74, 6) is -1.09. The van der Waals surface area contributed by atoms with Gasteiger partial charge in [-0.2, -0.15) is 0 Å². The van der Waals surface area contributed by atoms with Gasteiger partial charge in [0, 0.05) is 6.20 Å². The topological polar surface area (TPSA) is 80.9 Å². The van der Waals surface area contributed by atoms with Gasteiger partial charge in [0.25, 0.3) is 0 Å². The fourth-order valence-electron chi connectivity index (χ4n) is 2.07. The van der Waals surface area contributed by atoms with E-state index in [9.17, 15) is 9.90 Å². The molecule has 2 aromatic rings. The third-order valence-electron chi connectivity index (χ3n) is 3.09. The molecule has 0 aliphatic rings. The smallest absolute Gasteiger partial charge is 0.358 e. The maximum atomic E-state index is 11.3. The Balaban J connectivity index is 2.61. The molecule has 6 nitrogen and oxygen atoms in total. The molecular formula is C13H16N4O2. The molecule has 0 atom stereocenters. The second-order valence-electron chi connectivity index (χ2n) is 4.22. The van der Waals surface area contributed by atoms with E-state index in [4.69, 9.17) is 0 Å². The zero-order valence-corrected chi connectivity index (χ0v) is 10.9. The summed E-state index contributed by atoms with van der Waals surface area (Å²) in [5, 5.41) is 17.0. The van der Waals surface area contributed by atoms with Gasteiger partial charge in [0.1, 0.15) is 5.69 Å². The lowest BCUT2D eigenvalue weighted by molar-refractivity contribution is 0.0691. The highest BCUT2D eigenvalue weighted by atomic mass is 16.4. The van der Waals surface area contributed by atoms with E-state index in [2.05, 4.69) is 15.3 Å². The van der Waals surface area contributed by atoms with Crippen molar-refractivity contribution >= 4 is 5.97 Å². The van der Waals surface area contributed by atoms with Gasteiger partial charge >= 0.3 is 5.97 Å². The largest absolute Gasteiger partial charge is 0.476 e. The molecule has 0 saturated heterocycles. The van der Waals surface area contributed by atoms with Gasteiger partial charge < -0.3 is 5.11 Å². The Hall–Kier alpha value is -2.24. The molecule has 0 fully saturated rings. The number of carboxylic acids is 1. The summed E-state index contributed by atoms with van der Waals surface area (Å²) in [7, 11) is 0. The third kappa shape index (κ3) is 2.47. The summed E-state index contributed by atoms with van der Waals surface area (Å²) < 4.78 is 1.67. The van der Waals surface area contributed by atoms with Crippen molar-refractivity contribution in [1.29, 1.82) is 0 Å². The third-order valence-corrected chi connectivity index (χ3v) is 3.09. The summed E-state index contributed by atoms with van der Waals surface area (Å²) >= 11 is 0. The molecule has 0 aliphatic heterocycles. The van der Waals surface area contributed by atoms with Crippen LogP contribution in [-0.4, -0.2) is 31.1 Å². The van der Waals surface area contributed by atoms with Crippen LogP contribution in [0.15, 0.2) is 24.4 Å². The minimum atomic E-state index is -1.09. The van der Waals surface area contributed by atoms with E-state index in [1.165, 1.54) is 0 Å². The van der Waals surface area contributed by atoms with E-state index < -0.39 is 5.97 Å². The zero-order valence-electron chi connectivity index (χ0n) is 10.9. The lowest BCUT2D eigenvalue weighted by Crippen LogP contribution is -2.12. The Bertz CT molecular complexity index is 561. The second kappa shape index (κ2) is 5.60. The van der Waals surface area contributed by atoms with Crippen molar-refractivity contribution in [2.45, 2.75) is 32.7 Å². The Labute approximate surface area is 111 Å². The summed E-state index contributed by atoms with van der Waals surface area (Å²) in [6.45, 7) is 4.08. The molecule has 0 bridgehead atoms. The van der Waals surface area contributed by atoms with Gasteiger partial charge in [-0.05, 0) is 25.0 Å². The van der Waals surface area contributed by atoms with Crippen molar-refractivity contribution in [2.75, 3.05) is 0 Å². The van der Waals surface area contributed by atoms with E-state index in [1.807, 2.05) is 19.9 Å². The van der Waals surface area contributed by atoms with Crippen molar-refractivity contribution in [3.63, 3.8) is 0 Å². The maximum absolute atomic E-state index is 11.3. The van der Waals surface area contributed by atoms with E-state index >= 15 is 0 Å². The molecule has 6 heteroatoms. The van der Waals surface area contributed by atoms with Gasteiger partial charge in [-0.3, -0.25) is 4.98 Å². The average Bonchev–Trinajstić information content (AvgIpc) is 2.86. The van der Waals surface area contributed by atoms with Crippen LogP contribution in [0, 0.1) is 0 Å². The molecule has 19 heavy (non-hydrogen) atoms. The molecule has 0 aromatic carbocycles. The summed E-state index contributed by atoms with van der Waals surface area (Å²) in [6, 6.07) is 5.50. The van der Waals surface area contributed by atoms with E-state index in [0.717, 1.165) is 12.8 Å². The number of carboxylic acid groups (broad SMARTS) is 1. The number of rotatable bonds is 5. The number of pyridine rings is 1.